The maximum absolute atomic E-state index is 12.0. The van der Waals surface area contributed by atoms with E-state index >= 15 is 0 Å². The predicted octanol–water partition coefficient (Wildman–Crippen LogP) is 3.08. The van der Waals surface area contributed by atoms with E-state index < -0.39 is 5.97 Å². The fraction of sp³-hybridized carbons (Fsp3) is 0.158. The average Bonchev–Trinajstić information content (AvgIpc) is 3.00. The Labute approximate surface area is 145 Å². The number of esters is 1. The molecule has 0 saturated heterocycles. The lowest BCUT2D eigenvalue weighted by Crippen LogP contribution is -2.13. The van der Waals surface area contributed by atoms with Crippen LogP contribution in [0.4, 0.5) is 0 Å². The molecule has 0 fully saturated rings. The summed E-state index contributed by atoms with van der Waals surface area (Å²) < 4.78 is 21.2. The molecule has 6 heteroatoms. The summed E-state index contributed by atoms with van der Waals surface area (Å²) in [6.45, 7) is 0.0718. The summed E-state index contributed by atoms with van der Waals surface area (Å²) in [5.74, 6) is 1.60. The molecular formula is C19H17NO5. The number of hydrogen-bond donors (Lipinski definition) is 0. The fourth-order valence-electron chi connectivity index (χ4n) is 2.28. The zero-order chi connectivity index (χ0) is 17.6. The molecule has 0 amide bonds. The molecule has 1 aliphatic heterocycles. The van der Waals surface area contributed by atoms with Crippen LogP contribution in [0.5, 0.6) is 17.2 Å². The molecule has 0 aliphatic carbocycles. The van der Waals surface area contributed by atoms with Gasteiger partial charge in [0.05, 0.1) is 14.2 Å². The number of aliphatic imine (C=N–C) groups is 1. The van der Waals surface area contributed by atoms with Gasteiger partial charge in [0.1, 0.15) is 17.2 Å². The third-order valence-electron chi connectivity index (χ3n) is 3.50. The van der Waals surface area contributed by atoms with E-state index in [2.05, 4.69) is 4.99 Å². The van der Waals surface area contributed by atoms with Gasteiger partial charge >= 0.3 is 5.97 Å². The van der Waals surface area contributed by atoms with Crippen LogP contribution >= 0.6 is 0 Å². The number of rotatable bonds is 6. The van der Waals surface area contributed by atoms with Crippen molar-refractivity contribution >= 4 is 17.9 Å². The van der Waals surface area contributed by atoms with Crippen LogP contribution in [0.3, 0.4) is 0 Å². The minimum absolute atomic E-state index is 0.0718. The molecule has 3 rings (SSSR count). The Morgan fingerprint density at radius 1 is 1.04 bits per heavy atom. The van der Waals surface area contributed by atoms with Gasteiger partial charge in [-0.2, -0.15) is 0 Å². The largest absolute Gasteiger partial charge is 0.497 e. The number of hydrogen-bond acceptors (Lipinski definition) is 6. The molecule has 6 nitrogen and oxygen atoms in total. The Balaban J connectivity index is 1.79. The van der Waals surface area contributed by atoms with Crippen molar-refractivity contribution in [2.24, 2.45) is 4.99 Å². The molecule has 0 atom stereocenters. The molecule has 25 heavy (non-hydrogen) atoms. The Kier molecular flexibility index (Phi) is 4.99. The summed E-state index contributed by atoms with van der Waals surface area (Å²) >= 11 is 0. The van der Waals surface area contributed by atoms with Gasteiger partial charge in [-0.1, -0.05) is 18.2 Å². The molecule has 0 aromatic heterocycles. The summed E-state index contributed by atoms with van der Waals surface area (Å²) in [6.07, 6.45) is 1.60. The van der Waals surface area contributed by atoms with Crippen LogP contribution in [0.25, 0.3) is 6.08 Å². The Bertz CT molecular complexity index is 827. The van der Waals surface area contributed by atoms with E-state index in [1.165, 1.54) is 0 Å². The van der Waals surface area contributed by atoms with E-state index in [-0.39, 0.29) is 18.2 Å². The highest BCUT2D eigenvalue weighted by Gasteiger charge is 2.24. The van der Waals surface area contributed by atoms with E-state index in [4.69, 9.17) is 18.9 Å². The molecule has 0 spiro atoms. The van der Waals surface area contributed by atoms with Crippen LogP contribution in [-0.4, -0.2) is 32.7 Å². The van der Waals surface area contributed by atoms with Crippen molar-refractivity contribution in [2.45, 2.75) is 0 Å². The van der Waals surface area contributed by atoms with Gasteiger partial charge in [-0.25, -0.2) is 9.79 Å². The standard InChI is InChI=1S/C19H17NO5/c1-22-15-8-9-17(23-2)13(10-15)11-16-19(21)25-18(20-16)12-24-14-6-4-3-5-7-14/h3-11H,12H2,1-2H3/b16-11-. The first-order chi connectivity index (χ1) is 12.2. The molecular weight excluding hydrogens is 322 g/mol. The zero-order valence-corrected chi connectivity index (χ0v) is 13.9. The first kappa shape index (κ1) is 16.6. The third-order valence-corrected chi connectivity index (χ3v) is 3.50. The second-order valence-electron chi connectivity index (χ2n) is 5.13. The van der Waals surface area contributed by atoms with E-state index in [0.717, 1.165) is 0 Å². The second-order valence-corrected chi connectivity index (χ2v) is 5.13. The van der Waals surface area contributed by atoms with Gasteiger partial charge in [-0.3, -0.25) is 0 Å². The number of nitrogens with zero attached hydrogens (tertiary/aromatic N) is 1. The number of cyclic esters (lactones) is 1. The molecule has 2 aromatic rings. The highest BCUT2D eigenvalue weighted by atomic mass is 16.6. The first-order valence-electron chi connectivity index (χ1n) is 7.61. The number of benzene rings is 2. The molecule has 1 aliphatic rings. The summed E-state index contributed by atoms with van der Waals surface area (Å²) in [6, 6.07) is 14.5. The number of para-hydroxylation sites is 1. The quantitative estimate of drug-likeness (QED) is 0.598. The lowest BCUT2D eigenvalue weighted by atomic mass is 10.1. The van der Waals surface area contributed by atoms with Crippen molar-refractivity contribution in [3.63, 3.8) is 0 Å². The molecule has 0 saturated carbocycles. The summed E-state index contributed by atoms with van der Waals surface area (Å²) in [7, 11) is 3.12. The molecule has 128 valence electrons. The van der Waals surface area contributed by atoms with Gasteiger partial charge in [0.2, 0.25) is 5.90 Å². The lowest BCUT2D eigenvalue weighted by molar-refractivity contribution is -0.130. The van der Waals surface area contributed by atoms with E-state index in [9.17, 15) is 4.79 Å². The highest BCUT2D eigenvalue weighted by molar-refractivity contribution is 6.07. The third kappa shape index (κ3) is 3.98. The molecule has 1 heterocycles. The summed E-state index contributed by atoms with van der Waals surface area (Å²) in [5.41, 5.74) is 0.848. The smallest absolute Gasteiger partial charge is 0.363 e. The number of ether oxygens (including phenoxy) is 4. The van der Waals surface area contributed by atoms with E-state index in [1.807, 2.05) is 30.3 Å². The first-order valence-corrected chi connectivity index (χ1v) is 7.61. The van der Waals surface area contributed by atoms with Crippen LogP contribution < -0.4 is 14.2 Å². The zero-order valence-electron chi connectivity index (χ0n) is 13.9. The maximum Gasteiger partial charge on any atom is 0.363 e. The Morgan fingerprint density at radius 2 is 1.84 bits per heavy atom. The Hall–Kier alpha value is -3.28. The summed E-state index contributed by atoms with van der Waals surface area (Å²) in [5, 5.41) is 0. The maximum atomic E-state index is 12.0. The van der Waals surface area contributed by atoms with Crippen LogP contribution in [0.15, 0.2) is 59.2 Å². The molecule has 0 N–H and O–H groups in total. The lowest BCUT2D eigenvalue weighted by Gasteiger charge is -2.07. The van der Waals surface area contributed by atoms with Gasteiger partial charge < -0.3 is 18.9 Å². The van der Waals surface area contributed by atoms with Crippen molar-refractivity contribution in [3.05, 3.63) is 59.8 Å². The number of carbonyl (C=O) groups is 1. The monoisotopic (exact) mass is 339 g/mol. The topological polar surface area (TPSA) is 66.3 Å². The van der Waals surface area contributed by atoms with Crippen molar-refractivity contribution < 1.29 is 23.7 Å². The predicted molar refractivity (Wildman–Crippen MR) is 93.0 cm³/mol. The minimum Gasteiger partial charge on any atom is -0.497 e. The van der Waals surface area contributed by atoms with Crippen molar-refractivity contribution in [1.29, 1.82) is 0 Å². The normalized spacial score (nSPS) is 14.9. The van der Waals surface area contributed by atoms with Gasteiger partial charge in [0.15, 0.2) is 12.3 Å². The van der Waals surface area contributed by atoms with Crippen LogP contribution in [0, 0.1) is 0 Å². The van der Waals surface area contributed by atoms with E-state index in [0.29, 0.717) is 22.8 Å². The Morgan fingerprint density at radius 3 is 2.56 bits per heavy atom. The van der Waals surface area contributed by atoms with Gasteiger partial charge in [-0.15, -0.1) is 0 Å². The van der Waals surface area contributed by atoms with Gasteiger partial charge in [0, 0.05) is 5.56 Å². The van der Waals surface area contributed by atoms with Crippen molar-refractivity contribution in [2.75, 3.05) is 20.8 Å². The van der Waals surface area contributed by atoms with Crippen LogP contribution in [-0.2, 0) is 9.53 Å². The molecule has 0 radical (unpaired) electrons. The number of methoxy groups -OCH3 is 2. The summed E-state index contributed by atoms with van der Waals surface area (Å²) in [4.78, 5) is 16.2. The number of carbonyl (C=O) groups excluding carboxylic acids is 1. The van der Waals surface area contributed by atoms with E-state index in [1.54, 1.807) is 38.5 Å². The fourth-order valence-corrected chi connectivity index (χ4v) is 2.28. The molecule has 0 unspecified atom stereocenters. The van der Waals surface area contributed by atoms with Crippen LogP contribution in [0.2, 0.25) is 0 Å². The van der Waals surface area contributed by atoms with Gasteiger partial charge in [-0.05, 0) is 36.4 Å². The van der Waals surface area contributed by atoms with Crippen molar-refractivity contribution in [1.82, 2.24) is 0 Å². The molecule has 2 aromatic carbocycles. The van der Waals surface area contributed by atoms with Crippen LogP contribution in [0.1, 0.15) is 5.56 Å². The van der Waals surface area contributed by atoms with Crippen molar-refractivity contribution in [3.8, 4) is 17.2 Å². The highest BCUT2D eigenvalue weighted by Crippen LogP contribution is 2.27. The molecule has 0 bridgehead atoms. The SMILES string of the molecule is COc1ccc(OC)c(/C=C2\N=C(COc3ccccc3)OC2=O)c1. The second kappa shape index (κ2) is 7.53. The van der Waals surface area contributed by atoms with Gasteiger partial charge in [0.25, 0.3) is 0 Å². The average molecular weight is 339 g/mol. The minimum atomic E-state index is -0.531.